The Morgan fingerprint density at radius 1 is 1.08 bits per heavy atom. The lowest BCUT2D eigenvalue weighted by Gasteiger charge is -2.21. The van der Waals surface area contributed by atoms with Gasteiger partial charge >= 0.3 is 0 Å². The molecule has 0 spiro atoms. The summed E-state index contributed by atoms with van der Waals surface area (Å²) in [5, 5.41) is 3.50. The molecule has 2 aromatic rings. The maximum Gasteiger partial charge on any atom is 0.193 e. The number of nitrogens with one attached hydrogen (secondary N) is 1. The minimum atomic E-state index is 0.575. The highest BCUT2D eigenvalue weighted by atomic mass is 16.5. The van der Waals surface area contributed by atoms with Gasteiger partial charge in [0.2, 0.25) is 0 Å². The smallest absolute Gasteiger partial charge is 0.193 e. The first-order valence-electron chi connectivity index (χ1n) is 9.46. The number of aliphatic imine (C=N–C) groups is 1. The van der Waals surface area contributed by atoms with Gasteiger partial charge in [-0.1, -0.05) is 60.7 Å². The van der Waals surface area contributed by atoms with Crippen LogP contribution in [0.3, 0.4) is 0 Å². The Labute approximate surface area is 156 Å². The highest BCUT2D eigenvalue weighted by Crippen LogP contribution is 2.17. The van der Waals surface area contributed by atoms with Crippen LogP contribution >= 0.6 is 0 Å². The van der Waals surface area contributed by atoms with Crippen LogP contribution in [0.5, 0.6) is 0 Å². The van der Waals surface area contributed by atoms with Crippen LogP contribution in [0.25, 0.3) is 0 Å². The SMILES string of the molecule is CN=C(NCCc1ccccc1)N1CCC(COCc2ccccc2)C1. The number of rotatable bonds is 7. The lowest BCUT2D eigenvalue weighted by Crippen LogP contribution is -2.41. The number of benzene rings is 2. The van der Waals surface area contributed by atoms with Crippen molar-refractivity contribution in [3.8, 4) is 0 Å². The summed E-state index contributed by atoms with van der Waals surface area (Å²) in [4.78, 5) is 6.80. The average molecular weight is 351 g/mol. The van der Waals surface area contributed by atoms with Crippen LogP contribution in [0.15, 0.2) is 65.7 Å². The van der Waals surface area contributed by atoms with Gasteiger partial charge in [-0.2, -0.15) is 0 Å². The van der Waals surface area contributed by atoms with Gasteiger partial charge in [0.25, 0.3) is 0 Å². The molecule has 1 atom stereocenters. The molecule has 1 aliphatic heterocycles. The van der Waals surface area contributed by atoms with E-state index < -0.39 is 0 Å². The molecule has 2 aromatic carbocycles. The van der Waals surface area contributed by atoms with Crippen molar-refractivity contribution < 1.29 is 4.74 Å². The second kappa shape index (κ2) is 9.97. The summed E-state index contributed by atoms with van der Waals surface area (Å²) in [6, 6.07) is 20.9. The molecule has 1 unspecified atom stereocenters. The van der Waals surface area contributed by atoms with Crippen molar-refractivity contribution in [2.24, 2.45) is 10.9 Å². The molecule has 0 radical (unpaired) electrons. The Balaban J connectivity index is 1.37. The molecule has 138 valence electrons. The molecule has 0 amide bonds. The standard InChI is InChI=1S/C22H29N3O/c1-23-22(24-14-12-19-8-4-2-5-9-19)25-15-13-21(16-25)18-26-17-20-10-6-3-7-11-20/h2-11,21H,12-18H2,1H3,(H,23,24). The van der Waals surface area contributed by atoms with Crippen LogP contribution in [-0.2, 0) is 17.8 Å². The first kappa shape index (κ1) is 18.5. The normalized spacial score (nSPS) is 17.5. The molecule has 4 nitrogen and oxygen atoms in total. The fourth-order valence-corrected chi connectivity index (χ4v) is 3.37. The Kier molecular flexibility index (Phi) is 7.08. The van der Waals surface area contributed by atoms with Crippen molar-refractivity contribution >= 4 is 5.96 Å². The van der Waals surface area contributed by atoms with Gasteiger partial charge in [0.1, 0.15) is 0 Å². The van der Waals surface area contributed by atoms with E-state index in [1.165, 1.54) is 11.1 Å². The first-order chi connectivity index (χ1) is 12.8. The Morgan fingerprint density at radius 3 is 2.46 bits per heavy atom. The molecule has 0 aliphatic carbocycles. The van der Waals surface area contributed by atoms with E-state index in [-0.39, 0.29) is 0 Å². The molecule has 26 heavy (non-hydrogen) atoms. The van der Waals surface area contributed by atoms with Gasteiger partial charge in [-0.15, -0.1) is 0 Å². The van der Waals surface area contributed by atoms with Crippen molar-refractivity contribution in [1.82, 2.24) is 10.2 Å². The van der Waals surface area contributed by atoms with Crippen molar-refractivity contribution in [2.45, 2.75) is 19.4 Å². The lowest BCUT2D eigenvalue weighted by atomic mass is 10.1. The van der Waals surface area contributed by atoms with Gasteiger partial charge in [-0.3, -0.25) is 4.99 Å². The molecular weight excluding hydrogens is 322 g/mol. The summed E-state index contributed by atoms with van der Waals surface area (Å²) in [7, 11) is 1.87. The summed E-state index contributed by atoms with van der Waals surface area (Å²) in [6.45, 7) is 4.47. The van der Waals surface area contributed by atoms with Crippen LogP contribution in [0.1, 0.15) is 17.5 Å². The lowest BCUT2D eigenvalue weighted by molar-refractivity contribution is 0.0907. The Hall–Kier alpha value is -2.33. The van der Waals surface area contributed by atoms with E-state index in [0.29, 0.717) is 12.5 Å². The van der Waals surface area contributed by atoms with Gasteiger partial charge in [0, 0.05) is 32.6 Å². The zero-order valence-electron chi connectivity index (χ0n) is 15.6. The fraction of sp³-hybridized carbons (Fsp3) is 0.409. The molecule has 4 heteroatoms. The zero-order valence-corrected chi connectivity index (χ0v) is 15.6. The molecular formula is C22H29N3O. The molecule has 1 N–H and O–H groups in total. The van der Waals surface area contributed by atoms with E-state index in [9.17, 15) is 0 Å². The van der Waals surface area contributed by atoms with E-state index in [1.807, 2.05) is 13.1 Å². The summed E-state index contributed by atoms with van der Waals surface area (Å²) in [5.74, 6) is 1.58. The van der Waals surface area contributed by atoms with Gasteiger partial charge in [0.15, 0.2) is 5.96 Å². The highest BCUT2D eigenvalue weighted by molar-refractivity contribution is 5.80. The molecule has 3 rings (SSSR count). The van der Waals surface area contributed by atoms with Crippen LogP contribution in [0.4, 0.5) is 0 Å². The maximum atomic E-state index is 5.92. The zero-order chi connectivity index (χ0) is 18.0. The van der Waals surface area contributed by atoms with Crippen molar-refractivity contribution in [3.63, 3.8) is 0 Å². The van der Waals surface area contributed by atoms with Crippen LogP contribution in [-0.4, -0.2) is 44.1 Å². The van der Waals surface area contributed by atoms with Gasteiger partial charge in [0.05, 0.1) is 13.2 Å². The van der Waals surface area contributed by atoms with Gasteiger partial charge in [-0.05, 0) is 24.0 Å². The third-order valence-electron chi connectivity index (χ3n) is 4.80. The van der Waals surface area contributed by atoms with E-state index >= 15 is 0 Å². The largest absolute Gasteiger partial charge is 0.376 e. The molecule has 1 fully saturated rings. The number of nitrogens with zero attached hydrogens (tertiary/aromatic N) is 2. The molecule has 1 heterocycles. The monoisotopic (exact) mass is 351 g/mol. The number of ether oxygens (including phenoxy) is 1. The van der Waals surface area contributed by atoms with E-state index in [4.69, 9.17) is 4.74 Å². The average Bonchev–Trinajstić information content (AvgIpc) is 3.16. The predicted octanol–water partition coefficient (Wildman–Crippen LogP) is 3.34. The summed E-state index contributed by atoms with van der Waals surface area (Å²) in [6.07, 6.45) is 2.17. The van der Waals surface area contributed by atoms with E-state index in [2.05, 4.69) is 69.8 Å². The van der Waals surface area contributed by atoms with Crippen molar-refractivity contribution in [3.05, 3.63) is 71.8 Å². The van der Waals surface area contributed by atoms with Gasteiger partial charge in [-0.25, -0.2) is 0 Å². The van der Waals surface area contributed by atoms with Gasteiger partial charge < -0.3 is 15.0 Å². The first-order valence-corrected chi connectivity index (χ1v) is 9.46. The van der Waals surface area contributed by atoms with Crippen LogP contribution in [0, 0.1) is 5.92 Å². The topological polar surface area (TPSA) is 36.9 Å². The number of hydrogen-bond acceptors (Lipinski definition) is 2. The number of hydrogen-bond donors (Lipinski definition) is 1. The number of guanidine groups is 1. The maximum absolute atomic E-state index is 5.92. The second-order valence-electron chi connectivity index (χ2n) is 6.81. The summed E-state index contributed by atoms with van der Waals surface area (Å²) >= 11 is 0. The summed E-state index contributed by atoms with van der Waals surface area (Å²) in [5.41, 5.74) is 2.59. The molecule has 1 saturated heterocycles. The van der Waals surface area contributed by atoms with E-state index in [1.54, 1.807) is 0 Å². The quantitative estimate of drug-likeness (QED) is 0.614. The molecule has 0 aromatic heterocycles. The van der Waals surface area contributed by atoms with Crippen molar-refractivity contribution in [2.75, 3.05) is 33.3 Å². The third-order valence-corrected chi connectivity index (χ3v) is 4.80. The van der Waals surface area contributed by atoms with Crippen LogP contribution in [0.2, 0.25) is 0 Å². The minimum absolute atomic E-state index is 0.575. The second-order valence-corrected chi connectivity index (χ2v) is 6.81. The highest BCUT2D eigenvalue weighted by Gasteiger charge is 2.24. The molecule has 0 saturated carbocycles. The molecule has 0 bridgehead atoms. The fourth-order valence-electron chi connectivity index (χ4n) is 3.37. The van der Waals surface area contributed by atoms with Crippen molar-refractivity contribution in [1.29, 1.82) is 0 Å². The Morgan fingerprint density at radius 2 is 1.77 bits per heavy atom. The molecule has 1 aliphatic rings. The summed E-state index contributed by atoms with van der Waals surface area (Å²) < 4.78 is 5.92. The minimum Gasteiger partial charge on any atom is -0.376 e. The Bertz CT molecular complexity index is 672. The van der Waals surface area contributed by atoms with Crippen LogP contribution < -0.4 is 5.32 Å². The van der Waals surface area contributed by atoms with E-state index in [0.717, 1.165) is 45.0 Å². The third kappa shape index (κ3) is 5.60. The number of likely N-dealkylation sites (tertiary alicyclic amines) is 1. The predicted molar refractivity (Wildman–Crippen MR) is 107 cm³/mol.